The van der Waals surface area contributed by atoms with E-state index in [9.17, 15) is 117 Å². The predicted octanol–water partition coefficient (Wildman–Crippen LogP) is -2.63. The molecule has 5 saturated heterocycles. The second kappa shape index (κ2) is 49.8. The lowest BCUT2D eigenvalue weighted by Crippen LogP contribution is -2.72. The van der Waals surface area contributed by atoms with Gasteiger partial charge in [-0.15, -0.1) is 0 Å². The lowest BCUT2D eigenvalue weighted by atomic mass is 9.87. The van der Waals surface area contributed by atoms with Crippen LogP contribution < -0.4 is 10.6 Å². The summed E-state index contributed by atoms with van der Waals surface area (Å²) in [6.07, 6.45) is -26.6. The van der Waals surface area contributed by atoms with Crippen molar-refractivity contribution in [3.05, 3.63) is 0 Å². The zero-order chi connectivity index (χ0) is 78.9. The molecule has 0 bridgehead atoms. The van der Waals surface area contributed by atoms with Gasteiger partial charge in [0.25, 0.3) is 5.79 Å². The van der Waals surface area contributed by atoms with Crippen LogP contribution in [0.4, 0.5) is 0 Å². The number of aliphatic carboxylic acids is 1. The molecule has 30 atom stereocenters. The van der Waals surface area contributed by atoms with Crippen LogP contribution in [0.5, 0.6) is 0 Å². The maximum absolute atomic E-state index is 13.9. The highest BCUT2D eigenvalue weighted by Crippen LogP contribution is 2.42. The molecule has 5 heterocycles. The molecule has 0 saturated carbocycles. The Morgan fingerprint density at radius 3 is 1.38 bits per heavy atom. The molecule has 2 amide bonds. The minimum absolute atomic E-state index is 0.0868. The first-order valence-corrected chi connectivity index (χ1v) is 39.1. The van der Waals surface area contributed by atoms with E-state index in [2.05, 4.69) is 24.5 Å². The molecule has 0 aliphatic carbocycles. The Balaban J connectivity index is 1.30. The van der Waals surface area contributed by atoms with Gasteiger partial charge in [0.2, 0.25) is 11.8 Å². The summed E-state index contributed by atoms with van der Waals surface area (Å²) in [7, 11) is 0. The molecule has 628 valence electrons. The number of carbonyl (C=O) groups is 3. The first-order valence-electron chi connectivity index (χ1n) is 39.1. The maximum Gasteiger partial charge on any atom is 0.364 e. The Kier molecular flexibility index (Phi) is 44.1. The van der Waals surface area contributed by atoms with Gasteiger partial charge in [0.15, 0.2) is 25.2 Å². The molecule has 22 N–H and O–H groups in total. The summed E-state index contributed by atoms with van der Waals surface area (Å²) in [4.78, 5) is 40.5. The van der Waals surface area contributed by atoms with Crippen molar-refractivity contribution in [1.82, 2.24) is 10.6 Å². The molecule has 35 heteroatoms. The highest BCUT2D eigenvalue weighted by atomic mass is 16.8. The number of ether oxygens (including phenoxy) is 10. The van der Waals surface area contributed by atoms with Gasteiger partial charge < -0.3 is 160 Å². The molecule has 0 radical (unpaired) electrons. The van der Waals surface area contributed by atoms with E-state index < -0.39 is 247 Å². The van der Waals surface area contributed by atoms with E-state index in [1.54, 1.807) is 0 Å². The van der Waals surface area contributed by atoms with E-state index >= 15 is 0 Å². The standard InChI is InChI=1S/C72H132N2O33/c1-4-6-8-10-12-14-16-17-18-19-20-21-22-24-26-28-30-32-43(82)66(95)74-41(51(85)42(81)31-29-27-25-23-15-13-11-9-7-5-2)39-98-67-57(91)56(90)62(49(38-79)102-67)104-70-60(94)65(54(88)48(37-78)101-70)107-72(71(96)97)33-46(50(73-40(3)80)63(106-72)52(86)44(83)34-75)99-69-59(93)64(53(87)47(36-77)100-69)105-68-58(92)55(89)61(103-68)45(84)35-76/h41-65,67-70,75-79,81-94H,4-39H2,1-3H3,(H,73,80)(H,74,95)(H,96,97)/t41-,42+,43+,44?,45?,46?,47?,48?,49?,50+,51-,52?,53-,54-,55?,56?,57?,58?,59?,60?,61-,62+,63?,64?,65?,67+,68-,69+,70-,72-/m0/s1. The molecule has 5 aliphatic rings. The van der Waals surface area contributed by atoms with Crippen LogP contribution in [0.3, 0.4) is 0 Å². The summed E-state index contributed by atoms with van der Waals surface area (Å²) >= 11 is 0. The molecular weight excluding hydrogens is 1420 g/mol. The van der Waals surface area contributed by atoms with E-state index in [0.717, 1.165) is 84.0 Å². The summed E-state index contributed by atoms with van der Waals surface area (Å²) in [5, 5.41) is 226. The SMILES string of the molecule is CCCCCCCCCCCCCCCCCCC[C@@H](O)C(=O)N[C@@H](CO[C@@H]1OC(CO)[C@@H](O[C@@H]2OC(CO)[C@H](O)C(O[C@]3(C(=O)O)CC(O[C@@H]4OC(CO)[C@H](O)C(O[C@@H]5O[C@@H](C(O)CO)C(O)C5O)C4O)[C@@H](NC(C)=O)C(C(O)C(O)CO)O3)C2O)C(O)C1O)[C@H](O)[C@H](O)CCCCCCCCCCCC. The van der Waals surface area contributed by atoms with Gasteiger partial charge in [0, 0.05) is 13.3 Å². The number of aliphatic hydroxyl groups excluding tert-OH is 19. The zero-order valence-electron chi connectivity index (χ0n) is 62.5. The molecule has 16 unspecified atom stereocenters. The van der Waals surface area contributed by atoms with Gasteiger partial charge in [0.1, 0.15) is 128 Å². The minimum atomic E-state index is -3.43. The average Bonchev–Trinajstić information content (AvgIpc) is 1.32. The molecule has 35 nitrogen and oxygen atoms in total. The second-order valence-corrected chi connectivity index (χ2v) is 29.5. The van der Waals surface area contributed by atoms with E-state index in [-0.39, 0.29) is 12.8 Å². The third kappa shape index (κ3) is 28.6. The van der Waals surface area contributed by atoms with Crippen LogP contribution in [0.2, 0.25) is 0 Å². The number of carbonyl (C=O) groups excluding carboxylic acids is 2. The normalized spacial score (nSPS) is 34.7. The van der Waals surface area contributed by atoms with Crippen molar-refractivity contribution in [2.24, 2.45) is 0 Å². The number of carboxylic acids is 1. The third-order valence-corrected chi connectivity index (χ3v) is 21.0. The van der Waals surface area contributed by atoms with Gasteiger partial charge in [-0.25, -0.2) is 4.79 Å². The Labute approximate surface area is 626 Å². The maximum atomic E-state index is 13.9. The molecular formula is C72H132N2O33. The van der Waals surface area contributed by atoms with E-state index in [1.165, 1.54) is 83.5 Å². The monoisotopic (exact) mass is 1550 g/mol. The Bertz CT molecular complexity index is 2420. The van der Waals surface area contributed by atoms with Crippen molar-refractivity contribution in [3.63, 3.8) is 0 Å². The summed E-state index contributed by atoms with van der Waals surface area (Å²) in [6, 6.07) is -3.37. The number of nitrogens with one attached hydrogen (secondary N) is 2. The number of unbranched alkanes of at least 4 members (excludes halogenated alkanes) is 25. The van der Waals surface area contributed by atoms with Crippen molar-refractivity contribution in [2.75, 3.05) is 39.6 Å². The average molecular weight is 1550 g/mol. The third-order valence-electron chi connectivity index (χ3n) is 21.0. The lowest BCUT2D eigenvalue weighted by molar-refractivity contribution is -0.393. The predicted molar refractivity (Wildman–Crippen MR) is 374 cm³/mol. The van der Waals surface area contributed by atoms with Gasteiger partial charge in [0.05, 0.1) is 63.9 Å². The second-order valence-electron chi connectivity index (χ2n) is 29.5. The van der Waals surface area contributed by atoms with Crippen molar-refractivity contribution in [1.29, 1.82) is 0 Å². The number of aliphatic hydroxyl groups is 19. The molecule has 5 aliphatic heterocycles. The quantitative estimate of drug-likeness (QED) is 0.0277. The zero-order valence-corrected chi connectivity index (χ0v) is 62.5. The van der Waals surface area contributed by atoms with Crippen LogP contribution in [-0.2, 0) is 61.8 Å². The molecule has 107 heavy (non-hydrogen) atoms. The van der Waals surface area contributed by atoms with Gasteiger partial charge in [-0.3, -0.25) is 9.59 Å². The Hall–Kier alpha value is -2.75. The highest BCUT2D eigenvalue weighted by Gasteiger charge is 2.62. The van der Waals surface area contributed by atoms with Crippen LogP contribution in [0.15, 0.2) is 0 Å². The van der Waals surface area contributed by atoms with E-state index in [0.29, 0.717) is 12.8 Å². The summed E-state index contributed by atoms with van der Waals surface area (Å²) in [5.41, 5.74) is 0. The molecule has 0 spiro atoms. The van der Waals surface area contributed by atoms with Gasteiger partial charge >= 0.3 is 5.97 Å². The number of carboxylic acid groups (broad SMARTS) is 1. The van der Waals surface area contributed by atoms with E-state index in [1.807, 2.05) is 0 Å². The van der Waals surface area contributed by atoms with Gasteiger partial charge in [-0.05, 0) is 12.8 Å². The van der Waals surface area contributed by atoms with E-state index in [4.69, 9.17) is 47.4 Å². The first kappa shape index (κ1) is 94.8. The van der Waals surface area contributed by atoms with Crippen LogP contribution in [0, 0.1) is 0 Å². The molecule has 5 rings (SSSR count). The van der Waals surface area contributed by atoms with Gasteiger partial charge in [-0.1, -0.05) is 187 Å². The van der Waals surface area contributed by atoms with Crippen molar-refractivity contribution in [3.8, 4) is 0 Å². The minimum Gasteiger partial charge on any atom is -0.477 e. The first-order chi connectivity index (χ1) is 51.2. The summed E-state index contributed by atoms with van der Waals surface area (Å²) < 4.78 is 58.2. The van der Waals surface area contributed by atoms with Crippen molar-refractivity contribution >= 4 is 17.8 Å². The number of hydrogen-bond donors (Lipinski definition) is 22. The lowest BCUT2D eigenvalue weighted by Gasteiger charge is -2.52. The molecule has 5 fully saturated rings. The number of amides is 2. The summed E-state index contributed by atoms with van der Waals surface area (Å²) in [5.74, 6) is -7.46. The number of hydrogen-bond acceptors (Lipinski definition) is 32. The van der Waals surface area contributed by atoms with Crippen molar-refractivity contribution < 1.29 is 164 Å². The largest absolute Gasteiger partial charge is 0.477 e. The topological polar surface area (TPSA) is 572 Å². The molecule has 0 aromatic rings. The van der Waals surface area contributed by atoms with Crippen LogP contribution >= 0.6 is 0 Å². The van der Waals surface area contributed by atoms with Crippen molar-refractivity contribution in [2.45, 2.75) is 397 Å². The van der Waals surface area contributed by atoms with Crippen LogP contribution in [0.1, 0.15) is 213 Å². The van der Waals surface area contributed by atoms with Gasteiger partial charge in [-0.2, -0.15) is 0 Å². The fourth-order valence-electron chi connectivity index (χ4n) is 14.4. The highest BCUT2D eigenvalue weighted by molar-refractivity contribution is 5.80. The Morgan fingerprint density at radius 1 is 0.467 bits per heavy atom. The van der Waals surface area contributed by atoms with Crippen LogP contribution in [-0.4, -0.2) is 343 Å². The summed E-state index contributed by atoms with van der Waals surface area (Å²) in [6.45, 7) is -0.942. The molecule has 0 aromatic heterocycles. The fourth-order valence-corrected chi connectivity index (χ4v) is 14.4. The van der Waals surface area contributed by atoms with Crippen LogP contribution in [0.25, 0.3) is 0 Å². The molecule has 0 aromatic carbocycles. The Morgan fingerprint density at radius 2 is 0.907 bits per heavy atom. The fraction of sp³-hybridized carbons (Fsp3) is 0.958. The number of rotatable bonds is 54. The smallest absolute Gasteiger partial charge is 0.364 e.